The maximum absolute atomic E-state index is 12.8. The van der Waals surface area contributed by atoms with Gasteiger partial charge < -0.3 is 19.7 Å². The zero-order chi connectivity index (χ0) is 18.5. The molecular weight excluding hydrogens is 332 g/mol. The van der Waals surface area contributed by atoms with Crippen LogP contribution in [0.15, 0.2) is 42.5 Å². The number of para-hydroxylation sites is 1. The maximum atomic E-state index is 12.8. The summed E-state index contributed by atoms with van der Waals surface area (Å²) >= 11 is 0. The van der Waals surface area contributed by atoms with Crippen LogP contribution in [0.1, 0.15) is 26.3 Å². The molecule has 2 aromatic carbocycles. The largest absolute Gasteiger partial charge is 0.496 e. The van der Waals surface area contributed by atoms with Gasteiger partial charge in [-0.1, -0.05) is 18.2 Å². The Labute approximate surface area is 152 Å². The summed E-state index contributed by atoms with van der Waals surface area (Å²) in [6.45, 7) is 4.08. The number of morpholine rings is 1. The Kier molecular flexibility index (Phi) is 5.53. The van der Waals surface area contributed by atoms with E-state index in [9.17, 15) is 9.59 Å². The van der Waals surface area contributed by atoms with Crippen molar-refractivity contribution < 1.29 is 19.1 Å². The molecule has 0 aromatic heterocycles. The Morgan fingerprint density at radius 3 is 2.58 bits per heavy atom. The number of amides is 2. The third-order valence-corrected chi connectivity index (χ3v) is 4.37. The van der Waals surface area contributed by atoms with Crippen molar-refractivity contribution in [1.82, 2.24) is 4.90 Å². The van der Waals surface area contributed by atoms with Crippen molar-refractivity contribution in [2.75, 3.05) is 38.7 Å². The molecule has 26 heavy (non-hydrogen) atoms. The van der Waals surface area contributed by atoms with Crippen molar-refractivity contribution in [3.8, 4) is 5.75 Å². The number of aryl methyl sites for hydroxylation is 1. The van der Waals surface area contributed by atoms with Gasteiger partial charge in [-0.25, -0.2) is 0 Å². The third kappa shape index (κ3) is 3.86. The summed E-state index contributed by atoms with van der Waals surface area (Å²) < 4.78 is 10.6. The first-order valence-corrected chi connectivity index (χ1v) is 8.52. The predicted molar refractivity (Wildman–Crippen MR) is 98.8 cm³/mol. The number of methoxy groups -OCH3 is 1. The number of carbonyl (C=O) groups excluding carboxylic acids is 2. The number of ether oxygens (including phenoxy) is 2. The molecule has 1 heterocycles. The number of benzene rings is 2. The molecule has 1 saturated heterocycles. The lowest BCUT2D eigenvalue weighted by Gasteiger charge is -2.27. The number of nitrogens with one attached hydrogen (secondary N) is 1. The molecule has 6 heteroatoms. The van der Waals surface area contributed by atoms with E-state index in [0.717, 1.165) is 5.56 Å². The van der Waals surface area contributed by atoms with Gasteiger partial charge in [0.1, 0.15) is 5.75 Å². The average Bonchev–Trinajstić information content (AvgIpc) is 2.69. The van der Waals surface area contributed by atoms with Crippen LogP contribution in [0.4, 0.5) is 5.69 Å². The summed E-state index contributed by atoms with van der Waals surface area (Å²) in [5, 5.41) is 2.84. The second-order valence-electron chi connectivity index (χ2n) is 6.09. The minimum Gasteiger partial charge on any atom is -0.496 e. The topological polar surface area (TPSA) is 67.9 Å². The van der Waals surface area contributed by atoms with Crippen LogP contribution in [0.3, 0.4) is 0 Å². The van der Waals surface area contributed by atoms with Crippen LogP contribution in [0, 0.1) is 6.92 Å². The number of rotatable bonds is 4. The Morgan fingerprint density at radius 1 is 1.12 bits per heavy atom. The molecule has 0 atom stereocenters. The fourth-order valence-corrected chi connectivity index (χ4v) is 2.87. The summed E-state index contributed by atoms with van der Waals surface area (Å²) in [6, 6.07) is 12.3. The molecule has 1 fully saturated rings. The number of hydrogen-bond donors (Lipinski definition) is 1. The summed E-state index contributed by atoms with van der Waals surface area (Å²) in [6.07, 6.45) is 0. The molecule has 2 amide bonds. The molecule has 0 saturated carbocycles. The van der Waals surface area contributed by atoms with Crippen LogP contribution in [0.2, 0.25) is 0 Å². The normalized spacial score (nSPS) is 14.0. The molecule has 1 N–H and O–H groups in total. The molecule has 0 radical (unpaired) electrons. The highest BCUT2D eigenvalue weighted by Crippen LogP contribution is 2.22. The fraction of sp³-hybridized carbons (Fsp3) is 0.300. The Balaban J connectivity index is 1.81. The quantitative estimate of drug-likeness (QED) is 0.917. The molecule has 136 valence electrons. The summed E-state index contributed by atoms with van der Waals surface area (Å²) in [5.74, 6) is 0.256. The van der Waals surface area contributed by atoms with Gasteiger partial charge in [0.2, 0.25) is 0 Å². The van der Waals surface area contributed by atoms with Gasteiger partial charge in [-0.3, -0.25) is 9.59 Å². The van der Waals surface area contributed by atoms with Crippen molar-refractivity contribution in [2.24, 2.45) is 0 Å². The fourth-order valence-electron chi connectivity index (χ4n) is 2.87. The predicted octanol–water partition coefficient (Wildman–Crippen LogP) is 2.73. The highest BCUT2D eigenvalue weighted by atomic mass is 16.5. The molecule has 0 unspecified atom stereocenters. The standard InChI is InChI=1S/C20H22N2O4/c1-14-7-8-15(13-18(14)25-2)19(23)21-17-6-4-3-5-16(17)20(24)22-9-11-26-12-10-22/h3-8,13H,9-12H2,1-2H3,(H,21,23). The second-order valence-corrected chi connectivity index (χ2v) is 6.09. The van der Waals surface area contributed by atoms with Crippen LogP contribution in [-0.2, 0) is 4.74 Å². The molecule has 1 aliphatic rings. The molecule has 2 aromatic rings. The number of hydrogen-bond acceptors (Lipinski definition) is 4. The van der Waals surface area contributed by atoms with Gasteiger partial charge in [0.15, 0.2) is 0 Å². The number of carbonyl (C=O) groups is 2. The Hall–Kier alpha value is -2.86. The van der Waals surface area contributed by atoms with E-state index in [1.54, 1.807) is 48.4 Å². The van der Waals surface area contributed by atoms with E-state index in [4.69, 9.17) is 9.47 Å². The van der Waals surface area contributed by atoms with Gasteiger partial charge in [0.05, 0.1) is 31.6 Å². The zero-order valence-corrected chi connectivity index (χ0v) is 15.0. The average molecular weight is 354 g/mol. The lowest BCUT2D eigenvalue weighted by molar-refractivity contribution is 0.0303. The monoisotopic (exact) mass is 354 g/mol. The van der Waals surface area contributed by atoms with Crippen molar-refractivity contribution in [3.05, 3.63) is 59.2 Å². The molecular formula is C20H22N2O4. The van der Waals surface area contributed by atoms with Crippen molar-refractivity contribution >= 4 is 17.5 Å². The SMILES string of the molecule is COc1cc(C(=O)Nc2ccccc2C(=O)N2CCOCC2)ccc1C. The van der Waals surface area contributed by atoms with E-state index < -0.39 is 0 Å². The maximum Gasteiger partial charge on any atom is 0.256 e. The first kappa shape index (κ1) is 17.9. The summed E-state index contributed by atoms with van der Waals surface area (Å²) in [4.78, 5) is 27.2. The van der Waals surface area contributed by atoms with Gasteiger partial charge in [-0.15, -0.1) is 0 Å². The number of anilines is 1. The lowest BCUT2D eigenvalue weighted by Crippen LogP contribution is -2.41. The van der Waals surface area contributed by atoms with Crippen LogP contribution >= 0.6 is 0 Å². The van der Waals surface area contributed by atoms with E-state index >= 15 is 0 Å². The van der Waals surface area contributed by atoms with Gasteiger partial charge in [-0.2, -0.15) is 0 Å². The Morgan fingerprint density at radius 2 is 1.85 bits per heavy atom. The minimum atomic E-state index is -0.287. The molecule has 6 nitrogen and oxygen atoms in total. The highest BCUT2D eigenvalue weighted by molar-refractivity contribution is 6.09. The number of nitrogens with zero attached hydrogens (tertiary/aromatic N) is 1. The first-order chi connectivity index (χ1) is 12.6. The zero-order valence-electron chi connectivity index (χ0n) is 15.0. The molecule has 3 rings (SSSR count). The Bertz CT molecular complexity index is 813. The summed E-state index contributed by atoms with van der Waals surface area (Å²) in [7, 11) is 1.57. The van der Waals surface area contributed by atoms with Crippen LogP contribution in [-0.4, -0.2) is 50.1 Å². The molecule has 0 aliphatic carbocycles. The smallest absolute Gasteiger partial charge is 0.256 e. The van der Waals surface area contributed by atoms with Gasteiger partial charge in [0.25, 0.3) is 11.8 Å². The van der Waals surface area contributed by atoms with Gasteiger partial charge in [-0.05, 0) is 36.8 Å². The minimum absolute atomic E-state index is 0.106. The van der Waals surface area contributed by atoms with Crippen LogP contribution in [0.25, 0.3) is 0 Å². The van der Waals surface area contributed by atoms with E-state index in [-0.39, 0.29) is 11.8 Å². The third-order valence-electron chi connectivity index (χ3n) is 4.37. The second kappa shape index (κ2) is 8.01. The van der Waals surface area contributed by atoms with Crippen LogP contribution < -0.4 is 10.1 Å². The molecule has 1 aliphatic heterocycles. The van der Waals surface area contributed by atoms with E-state index in [1.807, 2.05) is 13.0 Å². The first-order valence-electron chi connectivity index (χ1n) is 8.52. The molecule has 0 bridgehead atoms. The van der Waals surface area contributed by atoms with Crippen molar-refractivity contribution in [3.63, 3.8) is 0 Å². The highest BCUT2D eigenvalue weighted by Gasteiger charge is 2.21. The van der Waals surface area contributed by atoms with Crippen LogP contribution in [0.5, 0.6) is 5.75 Å². The van der Waals surface area contributed by atoms with E-state index in [1.165, 1.54) is 0 Å². The van der Waals surface area contributed by atoms with Gasteiger partial charge >= 0.3 is 0 Å². The molecule has 0 spiro atoms. The van der Waals surface area contributed by atoms with E-state index in [2.05, 4.69) is 5.32 Å². The van der Waals surface area contributed by atoms with E-state index in [0.29, 0.717) is 48.9 Å². The van der Waals surface area contributed by atoms with Crippen molar-refractivity contribution in [1.29, 1.82) is 0 Å². The summed E-state index contributed by atoms with van der Waals surface area (Å²) in [5.41, 5.74) is 2.39. The van der Waals surface area contributed by atoms with Gasteiger partial charge in [0, 0.05) is 18.7 Å². The lowest BCUT2D eigenvalue weighted by atomic mass is 10.1. The van der Waals surface area contributed by atoms with Crippen molar-refractivity contribution in [2.45, 2.75) is 6.92 Å².